The lowest BCUT2D eigenvalue weighted by molar-refractivity contribution is 0.474. The molecule has 0 amide bonds. The van der Waals surface area contributed by atoms with Crippen LogP contribution in [0.2, 0.25) is 0 Å². The van der Waals surface area contributed by atoms with Gasteiger partial charge in [-0.1, -0.05) is 28.1 Å². The lowest BCUT2D eigenvalue weighted by Crippen LogP contribution is -1.85. The van der Waals surface area contributed by atoms with E-state index in [1.807, 2.05) is 52.4 Å². The van der Waals surface area contributed by atoms with E-state index in [0.29, 0.717) is 5.56 Å². The van der Waals surface area contributed by atoms with Crippen LogP contribution in [0.25, 0.3) is 16.2 Å². The summed E-state index contributed by atoms with van der Waals surface area (Å²) in [6, 6.07) is 15.1. The van der Waals surface area contributed by atoms with Gasteiger partial charge in [0.05, 0.1) is 4.88 Å². The molecule has 0 aliphatic heterocycles. The van der Waals surface area contributed by atoms with Crippen LogP contribution >= 0.6 is 27.3 Å². The molecule has 4 rings (SSSR count). The van der Waals surface area contributed by atoms with Gasteiger partial charge >= 0.3 is 0 Å². The Labute approximate surface area is 150 Å². The summed E-state index contributed by atoms with van der Waals surface area (Å²) < 4.78 is 2.83. The molecule has 4 aromatic rings. The number of aliphatic imine (C=N–C) groups is 1. The second-order valence-corrected chi connectivity index (χ2v) is 7.01. The summed E-state index contributed by atoms with van der Waals surface area (Å²) in [6.45, 7) is 0. The summed E-state index contributed by atoms with van der Waals surface area (Å²) in [7, 11) is 0. The number of nitrogens with zero attached hydrogens (tertiary/aromatic N) is 3. The lowest BCUT2D eigenvalue weighted by Gasteiger charge is -2.01. The van der Waals surface area contributed by atoms with E-state index in [1.54, 1.807) is 29.7 Å². The molecule has 0 saturated heterocycles. The number of thiophene rings is 1. The number of aromatic hydroxyl groups is 1. The van der Waals surface area contributed by atoms with Crippen LogP contribution in [-0.2, 0) is 0 Å². The Morgan fingerprint density at radius 3 is 2.92 bits per heavy atom. The molecular formula is C18H12BrN3OS. The lowest BCUT2D eigenvalue weighted by atomic mass is 10.2. The first-order chi connectivity index (χ1) is 11.7. The van der Waals surface area contributed by atoms with Crippen molar-refractivity contribution in [2.45, 2.75) is 0 Å². The molecule has 0 spiro atoms. The minimum atomic E-state index is 0.188. The van der Waals surface area contributed by atoms with Gasteiger partial charge < -0.3 is 5.11 Å². The highest BCUT2D eigenvalue weighted by molar-refractivity contribution is 9.10. The van der Waals surface area contributed by atoms with Crippen LogP contribution in [0, 0.1) is 0 Å². The largest absolute Gasteiger partial charge is 0.507 e. The SMILES string of the molecule is Oc1ccc(Br)cc1C=Nc1c(-c2cccs2)nc2ccccn12. The second kappa shape index (κ2) is 6.22. The third-order valence-corrected chi connectivity index (χ3v) is 4.94. The Morgan fingerprint density at radius 1 is 1.17 bits per heavy atom. The number of phenolic OH excluding ortho intramolecular Hbond substituents is 1. The van der Waals surface area contributed by atoms with Crippen LogP contribution in [-0.4, -0.2) is 20.7 Å². The topological polar surface area (TPSA) is 49.9 Å². The van der Waals surface area contributed by atoms with E-state index in [9.17, 15) is 5.11 Å². The van der Waals surface area contributed by atoms with Crippen molar-refractivity contribution in [3.63, 3.8) is 0 Å². The smallest absolute Gasteiger partial charge is 0.165 e. The summed E-state index contributed by atoms with van der Waals surface area (Å²) in [5, 5.41) is 12.0. The molecule has 0 fully saturated rings. The van der Waals surface area contributed by atoms with Crippen LogP contribution in [0.15, 0.2) is 69.6 Å². The molecule has 24 heavy (non-hydrogen) atoms. The number of hydrogen-bond acceptors (Lipinski definition) is 4. The van der Waals surface area contributed by atoms with E-state index in [1.165, 1.54) is 0 Å². The maximum absolute atomic E-state index is 10.00. The summed E-state index contributed by atoms with van der Waals surface area (Å²) in [4.78, 5) is 10.4. The van der Waals surface area contributed by atoms with Crippen molar-refractivity contribution < 1.29 is 5.11 Å². The monoisotopic (exact) mass is 397 g/mol. The number of imidazole rings is 1. The van der Waals surface area contributed by atoms with Crippen LogP contribution in [0.4, 0.5) is 5.82 Å². The predicted molar refractivity (Wildman–Crippen MR) is 102 cm³/mol. The van der Waals surface area contributed by atoms with Crippen molar-refractivity contribution in [3.05, 3.63) is 70.1 Å². The van der Waals surface area contributed by atoms with Gasteiger partial charge in [0.2, 0.25) is 0 Å². The Hall–Kier alpha value is -2.44. The normalized spacial score (nSPS) is 11.5. The molecule has 0 aliphatic carbocycles. The molecule has 0 unspecified atom stereocenters. The third kappa shape index (κ3) is 2.74. The average Bonchev–Trinajstić information content (AvgIpc) is 3.23. The first-order valence-electron chi connectivity index (χ1n) is 7.26. The summed E-state index contributed by atoms with van der Waals surface area (Å²) in [5.41, 5.74) is 2.32. The van der Waals surface area contributed by atoms with Crippen molar-refractivity contribution in [3.8, 4) is 16.3 Å². The van der Waals surface area contributed by atoms with Gasteiger partial charge in [-0.25, -0.2) is 9.98 Å². The predicted octanol–water partition coefficient (Wildman–Crippen LogP) is 5.28. The van der Waals surface area contributed by atoms with Crippen molar-refractivity contribution in [1.82, 2.24) is 9.38 Å². The van der Waals surface area contributed by atoms with Gasteiger partial charge in [0.25, 0.3) is 0 Å². The quantitative estimate of drug-likeness (QED) is 0.478. The molecule has 0 saturated carbocycles. The van der Waals surface area contributed by atoms with Gasteiger partial charge in [-0.2, -0.15) is 0 Å². The fourth-order valence-electron chi connectivity index (χ4n) is 2.44. The fourth-order valence-corrected chi connectivity index (χ4v) is 3.53. The Morgan fingerprint density at radius 2 is 2.08 bits per heavy atom. The van der Waals surface area contributed by atoms with E-state index >= 15 is 0 Å². The van der Waals surface area contributed by atoms with E-state index < -0.39 is 0 Å². The highest BCUT2D eigenvalue weighted by atomic mass is 79.9. The second-order valence-electron chi connectivity index (χ2n) is 5.15. The highest BCUT2D eigenvalue weighted by Crippen LogP contribution is 2.34. The Balaban J connectivity index is 1.87. The van der Waals surface area contributed by atoms with E-state index in [-0.39, 0.29) is 5.75 Å². The molecule has 0 radical (unpaired) electrons. The molecule has 0 atom stereocenters. The van der Waals surface area contributed by atoms with Crippen molar-refractivity contribution in [1.29, 1.82) is 0 Å². The number of rotatable bonds is 3. The zero-order valence-electron chi connectivity index (χ0n) is 12.4. The fraction of sp³-hybridized carbons (Fsp3) is 0. The minimum Gasteiger partial charge on any atom is -0.507 e. The summed E-state index contributed by atoms with van der Waals surface area (Å²) >= 11 is 5.04. The first-order valence-corrected chi connectivity index (χ1v) is 8.93. The van der Waals surface area contributed by atoms with Gasteiger partial charge in [0.15, 0.2) is 5.82 Å². The number of pyridine rings is 1. The van der Waals surface area contributed by atoms with Gasteiger partial charge in [0, 0.05) is 22.4 Å². The first kappa shape index (κ1) is 15.1. The van der Waals surface area contributed by atoms with E-state index in [0.717, 1.165) is 26.5 Å². The molecule has 1 N–H and O–H groups in total. The molecule has 4 nitrogen and oxygen atoms in total. The number of benzene rings is 1. The van der Waals surface area contributed by atoms with Crippen molar-refractivity contribution in [2.24, 2.45) is 4.99 Å². The van der Waals surface area contributed by atoms with Crippen LogP contribution in [0.1, 0.15) is 5.56 Å². The summed E-state index contributed by atoms with van der Waals surface area (Å²) in [5.74, 6) is 0.931. The standard InChI is InChI=1S/C18H12BrN3OS/c19-13-6-7-14(23)12(10-13)11-20-18-17(15-4-3-9-24-15)21-16-5-1-2-8-22(16)18/h1-11,23H. The highest BCUT2D eigenvalue weighted by Gasteiger charge is 2.13. The van der Waals surface area contributed by atoms with Gasteiger partial charge in [-0.05, 0) is 41.8 Å². The Kier molecular flexibility index (Phi) is 3.92. The van der Waals surface area contributed by atoms with Crippen molar-refractivity contribution >= 4 is 44.9 Å². The average molecular weight is 398 g/mol. The van der Waals surface area contributed by atoms with E-state index in [4.69, 9.17) is 4.98 Å². The number of phenols is 1. The molecule has 1 aromatic carbocycles. The molecule has 3 aromatic heterocycles. The van der Waals surface area contributed by atoms with Gasteiger partial charge in [-0.3, -0.25) is 4.40 Å². The molecule has 6 heteroatoms. The number of halogens is 1. The van der Waals surface area contributed by atoms with E-state index in [2.05, 4.69) is 20.9 Å². The Bertz CT molecular complexity index is 1040. The van der Waals surface area contributed by atoms with Gasteiger partial charge in [-0.15, -0.1) is 11.3 Å². The maximum Gasteiger partial charge on any atom is 0.165 e. The van der Waals surface area contributed by atoms with Crippen LogP contribution in [0.3, 0.4) is 0 Å². The number of fused-ring (bicyclic) bond motifs is 1. The zero-order valence-corrected chi connectivity index (χ0v) is 14.8. The summed E-state index contributed by atoms with van der Waals surface area (Å²) in [6.07, 6.45) is 3.60. The molecular weight excluding hydrogens is 386 g/mol. The molecule has 3 heterocycles. The molecule has 0 aliphatic rings. The van der Waals surface area contributed by atoms with Gasteiger partial charge in [0.1, 0.15) is 17.1 Å². The minimum absolute atomic E-state index is 0.188. The molecule has 0 bridgehead atoms. The van der Waals surface area contributed by atoms with Crippen LogP contribution < -0.4 is 0 Å². The van der Waals surface area contributed by atoms with Crippen LogP contribution in [0.5, 0.6) is 5.75 Å². The maximum atomic E-state index is 10.00. The number of aromatic nitrogens is 2. The van der Waals surface area contributed by atoms with Crippen molar-refractivity contribution in [2.75, 3.05) is 0 Å². The third-order valence-electron chi connectivity index (χ3n) is 3.57. The zero-order chi connectivity index (χ0) is 16.5. The molecule has 118 valence electrons. The number of hydrogen-bond donors (Lipinski definition) is 1.